The van der Waals surface area contributed by atoms with Gasteiger partial charge in [-0.2, -0.15) is 0 Å². The normalized spacial score (nSPS) is 15.9. The lowest BCUT2D eigenvalue weighted by Crippen LogP contribution is -2.42. The number of aryl methyl sites for hydroxylation is 1. The zero-order valence-corrected chi connectivity index (χ0v) is 26.4. The Labute approximate surface area is 265 Å². The molecule has 0 aromatic heterocycles. The van der Waals surface area contributed by atoms with E-state index in [0.717, 1.165) is 36.9 Å². The fraction of sp³-hybridized carbons (Fsp3) is 0.343. The largest absolute Gasteiger partial charge is 0.387 e. The highest BCUT2D eigenvalue weighted by molar-refractivity contribution is 6.06. The summed E-state index contributed by atoms with van der Waals surface area (Å²) in [4.78, 5) is 49.4. The minimum atomic E-state index is -0.329. The molecule has 10 nitrogen and oxygen atoms in total. The third kappa shape index (κ3) is 9.01. The van der Waals surface area contributed by atoms with Gasteiger partial charge in [-0.3, -0.25) is 19.4 Å². The number of para-hydroxylation sites is 1. The lowest BCUT2D eigenvalue weighted by molar-refractivity contribution is -0.127. The number of nitrogens with two attached hydrogens (primary N) is 1. The summed E-state index contributed by atoms with van der Waals surface area (Å²) in [6, 6.07) is 12.8. The van der Waals surface area contributed by atoms with Crippen molar-refractivity contribution in [3.63, 3.8) is 0 Å². The number of amides is 3. The third-order valence-electron chi connectivity index (χ3n) is 7.50. The molecule has 2 aromatic rings. The lowest BCUT2D eigenvalue weighted by Gasteiger charge is -2.26. The quantitative estimate of drug-likeness (QED) is 0.254. The van der Waals surface area contributed by atoms with Crippen molar-refractivity contribution in [2.45, 2.75) is 58.9 Å². The second-order valence-corrected chi connectivity index (χ2v) is 11.3. The minimum Gasteiger partial charge on any atom is -0.387 e. The molecule has 0 bridgehead atoms. The van der Waals surface area contributed by atoms with Crippen molar-refractivity contribution in [3.05, 3.63) is 88.8 Å². The molecule has 2 aliphatic rings. The molecule has 0 spiro atoms. The molecule has 5 N–H and O–H groups in total. The van der Waals surface area contributed by atoms with E-state index in [1.165, 1.54) is 11.8 Å². The van der Waals surface area contributed by atoms with Gasteiger partial charge >= 0.3 is 0 Å². The molecule has 2 heterocycles. The van der Waals surface area contributed by atoms with Crippen molar-refractivity contribution >= 4 is 47.2 Å². The maximum Gasteiger partial charge on any atom is 0.255 e. The van der Waals surface area contributed by atoms with Crippen molar-refractivity contribution in [2.24, 2.45) is 15.7 Å². The van der Waals surface area contributed by atoms with Gasteiger partial charge in [-0.1, -0.05) is 44.7 Å². The molecule has 0 aliphatic carbocycles. The van der Waals surface area contributed by atoms with E-state index in [9.17, 15) is 14.4 Å². The van der Waals surface area contributed by atoms with Gasteiger partial charge in [0.2, 0.25) is 11.8 Å². The van der Waals surface area contributed by atoms with E-state index >= 15 is 0 Å². The van der Waals surface area contributed by atoms with Crippen molar-refractivity contribution in [1.29, 1.82) is 0 Å². The van der Waals surface area contributed by atoms with E-state index in [2.05, 4.69) is 38.6 Å². The Morgan fingerprint density at radius 3 is 2.67 bits per heavy atom. The van der Waals surface area contributed by atoms with Crippen LogP contribution in [0.25, 0.3) is 6.08 Å². The molecule has 0 fully saturated rings. The fourth-order valence-electron chi connectivity index (χ4n) is 5.27. The first-order chi connectivity index (χ1) is 21.7. The Morgan fingerprint density at radius 2 is 1.91 bits per heavy atom. The maximum absolute atomic E-state index is 13.2. The minimum absolute atomic E-state index is 0.0368. The molecule has 1 atom stereocenters. The average Bonchev–Trinajstić information content (AvgIpc) is 3.20. The van der Waals surface area contributed by atoms with Crippen LogP contribution >= 0.6 is 0 Å². The summed E-state index contributed by atoms with van der Waals surface area (Å²) in [6.45, 7) is 11.4. The summed E-state index contributed by atoms with van der Waals surface area (Å²) >= 11 is 0. The van der Waals surface area contributed by atoms with E-state index in [4.69, 9.17) is 5.73 Å². The van der Waals surface area contributed by atoms with Crippen LogP contribution in [-0.2, 0) is 16.0 Å². The van der Waals surface area contributed by atoms with E-state index in [1.807, 2.05) is 43.0 Å². The summed E-state index contributed by atoms with van der Waals surface area (Å²) in [5.41, 5.74) is 11.8. The predicted octanol–water partition coefficient (Wildman–Crippen LogP) is 4.87. The highest BCUT2D eigenvalue weighted by Gasteiger charge is 2.24. The first kappa shape index (κ1) is 32.9. The van der Waals surface area contributed by atoms with Crippen LogP contribution in [0.5, 0.6) is 0 Å². The summed E-state index contributed by atoms with van der Waals surface area (Å²) in [7, 11) is 0. The highest BCUT2D eigenvalue weighted by Crippen LogP contribution is 2.29. The number of carbonyl (C=O) groups excluding carboxylic acids is 3. The molecule has 0 radical (unpaired) electrons. The van der Waals surface area contributed by atoms with Crippen molar-refractivity contribution < 1.29 is 14.4 Å². The number of anilines is 1. The van der Waals surface area contributed by atoms with E-state index < -0.39 is 0 Å². The van der Waals surface area contributed by atoms with Crippen molar-refractivity contribution in [2.75, 3.05) is 25.0 Å². The number of aliphatic imine (C=N–C) groups is 2. The lowest BCUT2D eigenvalue weighted by atomic mass is 9.98. The smallest absolute Gasteiger partial charge is 0.255 e. The number of hydrogen-bond donors (Lipinski definition) is 4. The number of benzene rings is 2. The number of carbonyl (C=O) groups is 3. The molecule has 1 unspecified atom stereocenters. The number of nitrogens with zero attached hydrogens (tertiary/aromatic N) is 3. The molecular formula is C35H43N7O3. The van der Waals surface area contributed by atoms with Gasteiger partial charge in [0.1, 0.15) is 11.9 Å². The molecule has 2 aliphatic heterocycles. The molecule has 45 heavy (non-hydrogen) atoms. The van der Waals surface area contributed by atoms with Crippen molar-refractivity contribution in [3.8, 4) is 0 Å². The van der Waals surface area contributed by atoms with Crippen LogP contribution in [0, 0.1) is 0 Å². The Hall–Kier alpha value is -4.99. The molecule has 236 valence electrons. The Kier molecular flexibility index (Phi) is 11.4. The molecule has 3 amide bonds. The zero-order chi connectivity index (χ0) is 32.3. The van der Waals surface area contributed by atoms with Gasteiger partial charge in [-0.25, -0.2) is 4.99 Å². The van der Waals surface area contributed by atoms with Gasteiger partial charge in [0, 0.05) is 66.6 Å². The van der Waals surface area contributed by atoms with Gasteiger partial charge < -0.3 is 26.6 Å². The predicted molar refractivity (Wildman–Crippen MR) is 182 cm³/mol. The summed E-state index contributed by atoms with van der Waals surface area (Å²) < 4.78 is 0. The Balaban J connectivity index is 1.31. The second kappa shape index (κ2) is 15.7. The number of fused-ring (bicyclic) bond motifs is 2. The molecule has 4 rings (SSSR count). The van der Waals surface area contributed by atoms with Gasteiger partial charge in [0.05, 0.1) is 5.69 Å². The number of amidine groups is 1. The average molecular weight is 610 g/mol. The SMILES string of the molecule is C=C(C=N/C=C(\C)NC(=O)c1ccc2c(c1)N=C(N)CC(C(=O)N(CCC)CCC)=C2)CNC(=O)C1CCc2ccccc2N1. The summed E-state index contributed by atoms with van der Waals surface area (Å²) in [6.07, 6.45) is 8.46. The van der Waals surface area contributed by atoms with Crippen LogP contribution in [0.15, 0.2) is 82.1 Å². The van der Waals surface area contributed by atoms with Gasteiger partial charge in [0.15, 0.2) is 0 Å². The molecular weight excluding hydrogens is 566 g/mol. The standard InChI is InChI=1S/C35H43N7O3/c1-5-15-42(16-6-2)35(45)28-17-26-11-12-27(18-31(26)41-32(36)19-28)33(43)39-24(4)22-37-20-23(3)21-38-34(44)30-14-13-25-9-7-8-10-29(25)40-30/h7-12,17-18,20,22,30,40H,3,5-6,13-16,19,21H2,1-2,4H3,(H2,36,41)(H,38,44)(H,39,43)/b24-22+,37-20?. The van der Waals surface area contributed by atoms with E-state index in [0.29, 0.717) is 47.0 Å². The number of rotatable bonds is 12. The summed E-state index contributed by atoms with van der Waals surface area (Å²) in [5.74, 6) is -0.130. The van der Waals surface area contributed by atoms with Crippen LogP contribution in [0.1, 0.15) is 67.9 Å². The third-order valence-corrected chi connectivity index (χ3v) is 7.50. The highest BCUT2D eigenvalue weighted by atomic mass is 16.2. The van der Waals surface area contributed by atoms with Gasteiger partial charge in [-0.05, 0) is 68.0 Å². The van der Waals surface area contributed by atoms with Crippen LogP contribution < -0.4 is 21.7 Å². The number of nitrogens with one attached hydrogen (secondary N) is 3. The van der Waals surface area contributed by atoms with E-state index in [1.54, 1.807) is 31.3 Å². The monoisotopic (exact) mass is 609 g/mol. The van der Waals surface area contributed by atoms with Crippen LogP contribution in [0.4, 0.5) is 11.4 Å². The first-order valence-corrected chi connectivity index (χ1v) is 15.5. The Bertz CT molecular complexity index is 1560. The summed E-state index contributed by atoms with van der Waals surface area (Å²) in [5, 5.41) is 9.02. The maximum atomic E-state index is 13.2. The van der Waals surface area contributed by atoms with Gasteiger partial charge in [-0.15, -0.1) is 0 Å². The first-order valence-electron chi connectivity index (χ1n) is 15.5. The topological polar surface area (TPSA) is 141 Å². The Morgan fingerprint density at radius 1 is 1.16 bits per heavy atom. The second-order valence-electron chi connectivity index (χ2n) is 11.3. The molecule has 0 saturated carbocycles. The van der Waals surface area contributed by atoms with Crippen LogP contribution in [0.2, 0.25) is 0 Å². The molecule has 0 saturated heterocycles. The fourth-order valence-corrected chi connectivity index (χ4v) is 5.27. The van der Waals surface area contributed by atoms with Crippen LogP contribution in [0.3, 0.4) is 0 Å². The number of hydrogen-bond acceptors (Lipinski definition) is 7. The van der Waals surface area contributed by atoms with Crippen molar-refractivity contribution in [1.82, 2.24) is 15.5 Å². The van der Waals surface area contributed by atoms with Crippen LogP contribution in [-0.4, -0.2) is 60.3 Å². The zero-order valence-electron chi connectivity index (χ0n) is 26.4. The molecule has 10 heteroatoms. The molecule has 2 aromatic carbocycles. The van der Waals surface area contributed by atoms with Gasteiger partial charge in [0.25, 0.3) is 5.91 Å². The van der Waals surface area contributed by atoms with E-state index in [-0.39, 0.29) is 36.7 Å². The number of allylic oxidation sites excluding steroid dienone is 1.